The van der Waals surface area contributed by atoms with Crippen molar-refractivity contribution in [2.24, 2.45) is 0 Å². The third-order valence-corrected chi connectivity index (χ3v) is 3.93. The number of carbonyl (C=O) groups is 1. The number of rotatable bonds is 3. The van der Waals surface area contributed by atoms with E-state index in [1.54, 1.807) is 12.3 Å². The highest BCUT2D eigenvalue weighted by molar-refractivity contribution is 9.10. The molecule has 0 saturated heterocycles. The normalized spacial score (nSPS) is 10.8. The van der Waals surface area contributed by atoms with Gasteiger partial charge in [-0.25, -0.2) is 14.2 Å². The van der Waals surface area contributed by atoms with E-state index >= 15 is 0 Å². The Morgan fingerprint density at radius 3 is 2.92 bits per heavy atom. The van der Waals surface area contributed by atoms with E-state index in [1.807, 2.05) is 13.0 Å². The smallest absolute Gasteiger partial charge is 0.341 e. The lowest BCUT2D eigenvalue weighted by Gasteiger charge is -2.08. The zero-order valence-corrected chi connectivity index (χ0v) is 14.2. The van der Waals surface area contributed by atoms with Gasteiger partial charge in [-0.05, 0) is 36.8 Å². The van der Waals surface area contributed by atoms with Crippen LogP contribution in [0.2, 0.25) is 0 Å². The summed E-state index contributed by atoms with van der Waals surface area (Å²) in [4.78, 5) is 28.4. The first-order chi connectivity index (χ1) is 11.5. The minimum absolute atomic E-state index is 0.182. The maximum absolute atomic E-state index is 13.7. The van der Waals surface area contributed by atoms with Crippen molar-refractivity contribution in [1.29, 1.82) is 0 Å². The van der Waals surface area contributed by atoms with E-state index in [2.05, 4.69) is 20.9 Å². The van der Waals surface area contributed by atoms with Gasteiger partial charge in [-0.1, -0.05) is 22.0 Å². The van der Waals surface area contributed by atoms with Gasteiger partial charge in [0, 0.05) is 16.7 Å². The van der Waals surface area contributed by atoms with Gasteiger partial charge in [0.2, 0.25) is 0 Å². The summed E-state index contributed by atoms with van der Waals surface area (Å²) < 4.78 is 20.7. The van der Waals surface area contributed by atoms with Crippen molar-refractivity contribution in [3.63, 3.8) is 0 Å². The van der Waals surface area contributed by atoms with Crippen molar-refractivity contribution in [3.05, 3.63) is 80.1 Å². The molecule has 7 heteroatoms. The van der Waals surface area contributed by atoms with Gasteiger partial charge in [0.05, 0.1) is 11.3 Å². The summed E-state index contributed by atoms with van der Waals surface area (Å²) in [7, 11) is 0. The van der Waals surface area contributed by atoms with Crippen molar-refractivity contribution >= 4 is 27.5 Å². The van der Waals surface area contributed by atoms with Crippen LogP contribution in [0.4, 0.5) is 4.39 Å². The fraction of sp³-hybridized carbons (Fsp3) is 0.118. The second kappa shape index (κ2) is 6.52. The van der Waals surface area contributed by atoms with E-state index in [0.29, 0.717) is 15.8 Å². The summed E-state index contributed by atoms with van der Waals surface area (Å²) in [6, 6.07) is 8.86. The number of pyridine rings is 1. The van der Waals surface area contributed by atoms with Crippen LogP contribution in [0.3, 0.4) is 0 Å². The number of aromatic nitrogens is 2. The zero-order chi connectivity index (χ0) is 17.3. The van der Waals surface area contributed by atoms with Crippen molar-refractivity contribution in [1.82, 2.24) is 9.38 Å². The zero-order valence-electron chi connectivity index (χ0n) is 12.6. The van der Waals surface area contributed by atoms with Gasteiger partial charge >= 0.3 is 5.97 Å². The maximum Gasteiger partial charge on any atom is 0.341 e. The highest BCUT2D eigenvalue weighted by Crippen LogP contribution is 2.17. The number of hydrogen-bond acceptors (Lipinski definition) is 4. The lowest BCUT2D eigenvalue weighted by Crippen LogP contribution is -2.17. The molecule has 0 aliphatic rings. The van der Waals surface area contributed by atoms with Crippen LogP contribution in [-0.2, 0) is 11.3 Å². The molecule has 0 aliphatic heterocycles. The second-order valence-corrected chi connectivity index (χ2v) is 6.09. The predicted octanol–water partition coefficient (Wildman–Crippen LogP) is 3.26. The summed E-state index contributed by atoms with van der Waals surface area (Å²) >= 11 is 3.17. The highest BCUT2D eigenvalue weighted by atomic mass is 79.9. The number of esters is 1. The van der Waals surface area contributed by atoms with Crippen molar-refractivity contribution < 1.29 is 13.9 Å². The Kier molecular flexibility index (Phi) is 4.44. The van der Waals surface area contributed by atoms with E-state index in [-0.39, 0.29) is 17.7 Å². The van der Waals surface area contributed by atoms with Gasteiger partial charge < -0.3 is 4.74 Å². The van der Waals surface area contributed by atoms with Gasteiger partial charge in [-0.2, -0.15) is 0 Å². The minimum Gasteiger partial charge on any atom is -0.455 e. The number of ether oxygens (including phenoxy) is 1. The Labute approximate surface area is 144 Å². The van der Waals surface area contributed by atoms with Gasteiger partial charge in [0.1, 0.15) is 18.1 Å². The van der Waals surface area contributed by atoms with Crippen LogP contribution in [0, 0.1) is 12.7 Å². The molecule has 0 unspecified atom stereocenters. The van der Waals surface area contributed by atoms with Gasteiger partial charge in [-0.15, -0.1) is 0 Å². The lowest BCUT2D eigenvalue weighted by molar-refractivity contribution is 0.0462. The van der Waals surface area contributed by atoms with Gasteiger partial charge in [0.25, 0.3) is 5.56 Å². The molecule has 0 radical (unpaired) electrons. The Balaban J connectivity index is 1.86. The average molecular weight is 391 g/mol. The summed E-state index contributed by atoms with van der Waals surface area (Å²) in [6.07, 6.45) is 1.62. The molecule has 0 amide bonds. The molecule has 0 spiro atoms. The first-order valence-electron chi connectivity index (χ1n) is 7.06. The largest absolute Gasteiger partial charge is 0.455 e. The van der Waals surface area contributed by atoms with Crippen LogP contribution in [0.5, 0.6) is 0 Å². The monoisotopic (exact) mass is 390 g/mol. The summed E-state index contributed by atoms with van der Waals surface area (Å²) in [5.41, 5.74) is 1.16. The summed E-state index contributed by atoms with van der Waals surface area (Å²) in [6.45, 7) is 1.61. The average Bonchev–Trinajstić information content (AvgIpc) is 2.56. The molecule has 5 nitrogen and oxygen atoms in total. The SMILES string of the molecule is Cc1cccn2c(=O)cc(COC(=O)c3cc(Br)ccc3F)nc12. The van der Waals surface area contributed by atoms with E-state index in [0.717, 1.165) is 5.56 Å². The number of fused-ring (bicyclic) bond motifs is 1. The number of carbonyl (C=O) groups excluding carboxylic acids is 1. The van der Waals surface area contributed by atoms with E-state index < -0.39 is 11.8 Å². The van der Waals surface area contributed by atoms with Crippen LogP contribution in [0.25, 0.3) is 5.65 Å². The fourth-order valence-corrected chi connectivity index (χ4v) is 2.62. The van der Waals surface area contributed by atoms with E-state index in [9.17, 15) is 14.0 Å². The molecule has 0 bridgehead atoms. The van der Waals surface area contributed by atoms with Gasteiger partial charge in [-0.3, -0.25) is 9.20 Å². The van der Waals surface area contributed by atoms with Crippen LogP contribution in [-0.4, -0.2) is 15.4 Å². The third-order valence-electron chi connectivity index (χ3n) is 3.44. The fourth-order valence-electron chi connectivity index (χ4n) is 2.25. The van der Waals surface area contributed by atoms with Crippen molar-refractivity contribution in [3.8, 4) is 0 Å². The standard InChI is InChI=1S/C17H12BrFN2O3/c1-10-3-2-6-21-15(22)8-12(20-16(10)21)9-24-17(23)13-7-11(18)4-5-14(13)19/h2-8H,9H2,1H3. The van der Waals surface area contributed by atoms with Gasteiger partial charge in [0.15, 0.2) is 0 Å². The topological polar surface area (TPSA) is 60.7 Å². The third kappa shape index (κ3) is 3.21. The lowest BCUT2D eigenvalue weighted by atomic mass is 10.2. The highest BCUT2D eigenvalue weighted by Gasteiger charge is 2.14. The molecule has 3 rings (SSSR count). The number of aryl methyl sites for hydroxylation is 1. The first kappa shape index (κ1) is 16.3. The Hall–Kier alpha value is -2.54. The molecule has 0 atom stereocenters. The molecule has 1 aromatic carbocycles. The molecule has 3 aromatic rings. The second-order valence-electron chi connectivity index (χ2n) is 5.17. The Morgan fingerprint density at radius 2 is 2.12 bits per heavy atom. The Bertz CT molecular complexity index is 1000. The molecule has 24 heavy (non-hydrogen) atoms. The quantitative estimate of drug-likeness (QED) is 0.644. The molecule has 0 N–H and O–H groups in total. The number of halogens is 2. The molecule has 122 valence electrons. The molecular formula is C17H12BrFN2O3. The number of nitrogens with zero attached hydrogens (tertiary/aromatic N) is 2. The molecule has 0 fully saturated rings. The van der Waals surface area contributed by atoms with Crippen LogP contribution in [0.1, 0.15) is 21.6 Å². The van der Waals surface area contributed by atoms with Crippen molar-refractivity contribution in [2.45, 2.75) is 13.5 Å². The number of benzene rings is 1. The minimum atomic E-state index is -0.819. The van der Waals surface area contributed by atoms with E-state index in [1.165, 1.54) is 28.7 Å². The molecular weight excluding hydrogens is 379 g/mol. The predicted molar refractivity (Wildman–Crippen MR) is 89.4 cm³/mol. The number of hydrogen-bond donors (Lipinski definition) is 0. The molecule has 0 aliphatic carbocycles. The van der Waals surface area contributed by atoms with Crippen LogP contribution in [0.15, 0.2) is 51.9 Å². The maximum atomic E-state index is 13.7. The van der Waals surface area contributed by atoms with E-state index in [4.69, 9.17) is 4.74 Å². The van der Waals surface area contributed by atoms with Crippen LogP contribution >= 0.6 is 15.9 Å². The Morgan fingerprint density at radius 1 is 1.33 bits per heavy atom. The summed E-state index contributed by atoms with van der Waals surface area (Å²) in [5.74, 6) is -1.49. The first-order valence-corrected chi connectivity index (χ1v) is 7.85. The molecule has 2 aromatic heterocycles. The summed E-state index contributed by atoms with van der Waals surface area (Å²) in [5, 5.41) is 0. The molecule has 2 heterocycles. The van der Waals surface area contributed by atoms with Crippen molar-refractivity contribution in [2.75, 3.05) is 0 Å². The molecule has 0 saturated carbocycles. The van der Waals surface area contributed by atoms with Crippen LogP contribution < -0.4 is 5.56 Å².